The molecule has 0 radical (unpaired) electrons. The molecule has 0 aliphatic carbocycles. The van der Waals surface area contributed by atoms with Crippen molar-refractivity contribution in [2.75, 3.05) is 13.6 Å². The highest BCUT2D eigenvalue weighted by Crippen LogP contribution is 2.40. The van der Waals surface area contributed by atoms with Gasteiger partial charge in [0, 0.05) is 42.3 Å². The molecule has 5 rings (SSSR count). The minimum Gasteiger partial charge on any atom is -0.360 e. The molecule has 2 aromatic carbocycles. The summed E-state index contributed by atoms with van der Waals surface area (Å²) in [7, 11) is 2.20. The Morgan fingerprint density at radius 1 is 0.969 bits per heavy atom. The van der Waals surface area contributed by atoms with Crippen molar-refractivity contribution in [3.8, 4) is 22.4 Å². The minimum absolute atomic E-state index is 0.229. The normalized spacial score (nSPS) is 16.7. The fourth-order valence-electron chi connectivity index (χ4n) is 4.57. The molecule has 0 saturated carbocycles. The molecule has 32 heavy (non-hydrogen) atoms. The van der Waals surface area contributed by atoms with Crippen LogP contribution in [0.2, 0.25) is 0 Å². The Bertz CT molecular complexity index is 1210. The van der Waals surface area contributed by atoms with E-state index in [1.54, 1.807) is 0 Å². The summed E-state index contributed by atoms with van der Waals surface area (Å²) >= 11 is 0. The van der Waals surface area contributed by atoms with E-state index in [1.165, 1.54) is 28.8 Å². The van der Waals surface area contributed by atoms with Gasteiger partial charge in [-0.25, -0.2) is 4.39 Å². The third-order valence-electron chi connectivity index (χ3n) is 6.35. The number of pyridine rings is 1. The Hall–Kier alpha value is -3.50. The van der Waals surface area contributed by atoms with Crippen molar-refractivity contribution < 1.29 is 4.39 Å². The van der Waals surface area contributed by atoms with Crippen LogP contribution in [-0.2, 0) is 6.42 Å². The Labute approximate surface area is 188 Å². The lowest BCUT2D eigenvalue weighted by Gasteiger charge is -2.32. The van der Waals surface area contributed by atoms with Crippen molar-refractivity contribution in [2.45, 2.75) is 18.9 Å². The van der Waals surface area contributed by atoms with Gasteiger partial charge in [-0.1, -0.05) is 36.4 Å². The molecule has 4 heteroatoms. The molecule has 0 amide bonds. The van der Waals surface area contributed by atoms with Gasteiger partial charge >= 0.3 is 0 Å². The Morgan fingerprint density at radius 3 is 2.47 bits per heavy atom. The topological polar surface area (TPSA) is 31.9 Å². The number of benzene rings is 2. The highest BCUT2D eigenvalue weighted by Gasteiger charge is 2.25. The molecule has 1 N–H and O–H groups in total. The van der Waals surface area contributed by atoms with Crippen molar-refractivity contribution >= 4 is 5.57 Å². The molecule has 3 nitrogen and oxygen atoms in total. The molecule has 2 aromatic heterocycles. The molecule has 1 unspecified atom stereocenters. The van der Waals surface area contributed by atoms with Crippen LogP contribution in [0.4, 0.5) is 4.39 Å². The van der Waals surface area contributed by atoms with Crippen molar-refractivity contribution in [3.05, 3.63) is 108 Å². The minimum atomic E-state index is -0.229. The zero-order chi connectivity index (χ0) is 21.9. The molecule has 1 atom stereocenters. The zero-order valence-corrected chi connectivity index (χ0v) is 18.1. The van der Waals surface area contributed by atoms with Crippen molar-refractivity contribution in [1.82, 2.24) is 14.9 Å². The monoisotopic (exact) mass is 423 g/mol. The van der Waals surface area contributed by atoms with E-state index in [0.29, 0.717) is 6.04 Å². The summed E-state index contributed by atoms with van der Waals surface area (Å²) in [5, 5.41) is 0. The van der Waals surface area contributed by atoms with Crippen LogP contribution in [0.3, 0.4) is 0 Å². The number of nitrogens with zero attached hydrogens (tertiary/aromatic N) is 2. The SMILES string of the molecule is CN1CC=C(c2c[nH]c(-c3ccc(F)cc3)c2-c2ccncc2)CC1Cc1ccccc1. The second-order valence-corrected chi connectivity index (χ2v) is 8.41. The standard InChI is InChI=1S/C28H26FN3/c1-32-16-13-23(18-25(32)17-20-5-3-2-4-6-20)26-19-31-28(22-7-9-24(29)10-8-22)27(26)21-11-14-30-15-12-21/h2-15,19,25,31H,16-18H2,1H3. The third kappa shape index (κ3) is 4.14. The van der Waals surface area contributed by atoms with E-state index in [9.17, 15) is 4.39 Å². The predicted molar refractivity (Wildman–Crippen MR) is 129 cm³/mol. The predicted octanol–water partition coefficient (Wildman–Crippen LogP) is 6.21. The van der Waals surface area contributed by atoms with Gasteiger partial charge in [0.25, 0.3) is 0 Å². The lowest BCUT2D eigenvalue weighted by Crippen LogP contribution is -2.36. The number of rotatable bonds is 5. The maximum absolute atomic E-state index is 13.5. The Kier molecular flexibility index (Phi) is 5.70. The molecule has 3 heterocycles. The zero-order valence-electron chi connectivity index (χ0n) is 18.1. The highest BCUT2D eigenvalue weighted by atomic mass is 19.1. The number of aromatic nitrogens is 2. The average Bonchev–Trinajstić information content (AvgIpc) is 3.27. The quantitative estimate of drug-likeness (QED) is 0.414. The van der Waals surface area contributed by atoms with Crippen LogP contribution in [-0.4, -0.2) is 34.5 Å². The molecule has 1 aliphatic heterocycles. The summed E-state index contributed by atoms with van der Waals surface area (Å²) in [5.74, 6) is -0.229. The summed E-state index contributed by atoms with van der Waals surface area (Å²) in [6.07, 6.45) is 10.1. The molecular formula is C28H26FN3. The van der Waals surface area contributed by atoms with Gasteiger partial charge in [0.05, 0.1) is 5.69 Å². The molecule has 4 aromatic rings. The molecule has 1 aliphatic rings. The summed E-state index contributed by atoms with van der Waals surface area (Å²) in [5.41, 5.74) is 8.15. The number of likely N-dealkylation sites (N-methyl/N-ethyl adjacent to an activating group) is 1. The summed E-state index contributed by atoms with van der Waals surface area (Å²) in [4.78, 5) is 10.1. The number of nitrogens with one attached hydrogen (secondary N) is 1. The first kappa shape index (κ1) is 20.4. The molecule has 160 valence electrons. The van der Waals surface area contributed by atoms with Gasteiger partial charge in [-0.05, 0) is 78.6 Å². The van der Waals surface area contributed by atoms with E-state index in [1.807, 2.05) is 36.7 Å². The smallest absolute Gasteiger partial charge is 0.123 e. The van der Waals surface area contributed by atoms with Gasteiger partial charge in [-0.15, -0.1) is 0 Å². The first-order valence-corrected chi connectivity index (χ1v) is 11.0. The largest absolute Gasteiger partial charge is 0.360 e. The summed E-state index contributed by atoms with van der Waals surface area (Å²) in [6.45, 7) is 0.916. The van der Waals surface area contributed by atoms with E-state index < -0.39 is 0 Å². The molecular weight excluding hydrogens is 397 g/mol. The fourth-order valence-corrected chi connectivity index (χ4v) is 4.57. The van der Waals surface area contributed by atoms with Gasteiger partial charge in [0.15, 0.2) is 0 Å². The van der Waals surface area contributed by atoms with Crippen LogP contribution in [0.15, 0.2) is 91.4 Å². The number of hydrogen-bond donors (Lipinski definition) is 1. The molecule has 0 saturated heterocycles. The van der Waals surface area contributed by atoms with Crippen LogP contribution in [0, 0.1) is 5.82 Å². The number of halogens is 1. The van der Waals surface area contributed by atoms with Gasteiger partial charge < -0.3 is 4.98 Å². The second kappa shape index (κ2) is 8.93. The van der Waals surface area contributed by atoms with E-state index in [2.05, 4.69) is 64.5 Å². The van der Waals surface area contributed by atoms with Crippen LogP contribution in [0.25, 0.3) is 28.0 Å². The van der Waals surface area contributed by atoms with Gasteiger partial charge in [0.2, 0.25) is 0 Å². The first-order valence-electron chi connectivity index (χ1n) is 11.0. The van der Waals surface area contributed by atoms with Crippen LogP contribution in [0.1, 0.15) is 17.5 Å². The van der Waals surface area contributed by atoms with Gasteiger partial charge in [0.1, 0.15) is 5.82 Å². The Morgan fingerprint density at radius 2 is 1.72 bits per heavy atom. The van der Waals surface area contributed by atoms with Gasteiger partial charge in [-0.3, -0.25) is 9.88 Å². The maximum Gasteiger partial charge on any atom is 0.123 e. The van der Waals surface area contributed by atoms with Gasteiger partial charge in [-0.2, -0.15) is 0 Å². The third-order valence-corrected chi connectivity index (χ3v) is 6.35. The average molecular weight is 424 g/mol. The van der Waals surface area contributed by atoms with Crippen molar-refractivity contribution in [2.24, 2.45) is 0 Å². The van der Waals surface area contributed by atoms with E-state index in [0.717, 1.165) is 41.8 Å². The maximum atomic E-state index is 13.5. The fraction of sp³-hybridized carbons (Fsp3) is 0.179. The van der Waals surface area contributed by atoms with Crippen molar-refractivity contribution in [3.63, 3.8) is 0 Å². The summed E-state index contributed by atoms with van der Waals surface area (Å²) < 4.78 is 13.5. The molecule has 0 fully saturated rings. The summed E-state index contributed by atoms with van der Waals surface area (Å²) in [6, 6.07) is 21.9. The van der Waals surface area contributed by atoms with Crippen LogP contribution in [0.5, 0.6) is 0 Å². The van der Waals surface area contributed by atoms with Crippen LogP contribution >= 0.6 is 0 Å². The lowest BCUT2D eigenvalue weighted by atomic mass is 9.88. The lowest BCUT2D eigenvalue weighted by molar-refractivity contribution is 0.259. The van der Waals surface area contributed by atoms with E-state index >= 15 is 0 Å². The van der Waals surface area contributed by atoms with E-state index in [-0.39, 0.29) is 5.82 Å². The molecule has 0 spiro atoms. The first-order chi connectivity index (χ1) is 15.7. The number of H-pyrrole nitrogens is 1. The Balaban J connectivity index is 1.54. The van der Waals surface area contributed by atoms with Crippen molar-refractivity contribution in [1.29, 1.82) is 0 Å². The number of aromatic amines is 1. The second-order valence-electron chi connectivity index (χ2n) is 8.41. The van der Waals surface area contributed by atoms with E-state index in [4.69, 9.17) is 0 Å². The molecule has 0 bridgehead atoms. The number of hydrogen-bond acceptors (Lipinski definition) is 2. The van der Waals surface area contributed by atoms with Crippen LogP contribution < -0.4 is 0 Å². The highest BCUT2D eigenvalue weighted by molar-refractivity contribution is 5.91.